The van der Waals surface area contributed by atoms with Crippen LogP contribution in [0.4, 0.5) is 0 Å². The van der Waals surface area contributed by atoms with E-state index in [1.165, 1.54) is 0 Å². The Bertz CT molecular complexity index is 262. The van der Waals surface area contributed by atoms with Crippen LogP contribution >= 0.6 is 11.8 Å². The molecule has 1 aliphatic carbocycles. The van der Waals surface area contributed by atoms with Gasteiger partial charge >= 0.3 is 0 Å². The predicted molar refractivity (Wildman–Crippen MR) is 74.7 cm³/mol. The van der Waals surface area contributed by atoms with Crippen molar-refractivity contribution in [3.05, 3.63) is 0 Å². The van der Waals surface area contributed by atoms with Crippen molar-refractivity contribution >= 4 is 17.7 Å². The molecular weight excluding hydrogens is 248 g/mol. The Balaban J connectivity index is 1.59. The lowest BCUT2D eigenvalue weighted by Crippen LogP contribution is -2.42. The summed E-state index contributed by atoms with van der Waals surface area (Å²) in [4.78, 5) is 11.8. The normalized spacial score (nSPS) is 33.1. The third kappa shape index (κ3) is 4.78. The number of rotatable bonds is 4. The second-order valence-corrected chi connectivity index (χ2v) is 6.56. The molecule has 1 heterocycles. The summed E-state index contributed by atoms with van der Waals surface area (Å²) in [6.45, 7) is 1.80. The van der Waals surface area contributed by atoms with Crippen LogP contribution in [0.15, 0.2) is 0 Å². The molecule has 0 radical (unpaired) electrons. The molecule has 1 unspecified atom stereocenters. The molecule has 18 heavy (non-hydrogen) atoms. The van der Waals surface area contributed by atoms with Crippen molar-refractivity contribution in [1.29, 1.82) is 0 Å². The average Bonchev–Trinajstić information content (AvgIpc) is 2.39. The van der Waals surface area contributed by atoms with Crippen LogP contribution in [0.3, 0.4) is 0 Å². The van der Waals surface area contributed by atoms with Crippen molar-refractivity contribution in [3.8, 4) is 0 Å². The van der Waals surface area contributed by atoms with Crippen molar-refractivity contribution in [2.45, 2.75) is 44.2 Å². The molecule has 0 aromatic rings. The molecule has 0 bridgehead atoms. The van der Waals surface area contributed by atoms with Gasteiger partial charge in [0.25, 0.3) is 0 Å². The lowest BCUT2D eigenvalue weighted by molar-refractivity contribution is -0.121. The summed E-state index contributed by atoms with van der Waals surface area (Å²) in [5.41, 5.74) is 0. The molecule has 2 rings (SSSR count). The predicted octanol–water partition coefficient (Wildman–Crippen LogP) is 0.749. The van der Waals surface area contributed by atoms with E-state index >= 15 is 0 Å². The summed E-state index contributed by atoms with van der Waals surface area (Å²) in [5, 5.41) is 15.8. The number of amides is 1. The standard InChI is InChI=1S/C13H24N2O2S/c16-12-3-1-10(2-4-12)8-15-13(17)7-11-9-18-6-5-14-11/h10-12,14,16H,1-9H2,(H,15,17). The number of aliphatic hydroxyl groups excluding tert-OH is 1. The second-order valence-electron chi connectivity index (χ2n) is 5.41. The Morgan fingerprint density at radius 2 is 2.11 bits per heavy atom. The number of carbonyl (C=O) groups is 1. The summed E-state index contributed by atoms with van der Waals surface area (Å²) >= 11 is 1.92. The van der Waals surface area contributed by atoms with E-state index in [9.17, 15) is 9.90 Å². The molecule has 0 spiro atoms. The number of aliphatic hydroxyl groups is 1. The first-order chi connectivity index (χ1) is 8.74. The number of carbonyl (C=O) groups excluding carboxylic acids is 1. The van der Waals surface area contributed by atoms with Gasteiger partial charge in [0, 0.05) is 37.1 Å². The first kappa shape index (κ1) is 14.2. The minimum Gasteiger partial charge on any atom is -0.393 e. The Morgan fingerprint density at radius 1 is 1.33 bits per heavy atom. The van der Waals surface area contributed by atoms with Gasteiger partial charge in [0.15, 0.2) is 0 Å². The zero-order valence-corrected chi connectivity index (χ0v) is 11.7. The van der Waals surface area contributed by atoms with Crippen molar-refractivity contribution in [2.24, 2.45) is 5.92 Å². The lowest BCUT2D eigenvalue weighted by atomic mass is 9.87. The molecule has 1 saturated carbocycles. The zero-order valence-electron chi connectivity index (χ0n) is 10.9. The van der Waals surface area contributed by atoms with Gasteiger partial charge < -0.3 is 15.7 Å². The van der Waals surface area contributed by atoms with Gasteiger partial charge in [-0.1, -0.05) is 0 Å². The highest BCUT2D eigenvalue weighted by Crippen LogP contribution is 2.23. The van der Waals surface area contributed by atoms with Crippen molar-refractivity contribution in [1.82, 2.24) is 10.6 Å². The van der Waals surface area contributed by atoms with Crippen LogP contribution in [0.5, 0.6) is 0 Å². The summed E-state index contributed by atoms with van der Waals surface area (Å²) in [6.07, 6.45) is 4.35. The van der Waals surface area contributed by atoms with Gasteiger partial charge in [-0.25, -0.2) is 0 Å². The summed E-state index contributed by atoms with van der Waals surface area (Å²) in [5.74, 6) is 2.93. The maximum absolute atomic E-state index is 11.8. The van der Waals surface area contributed by atoms with E-state index in [-0.39, 0.29) is 12.0 Å². The Labute approximate surface area is 113 Å². The maximum atomic E-state index is 11.8. The molecular formula is C13H24N2O2S. The van der Waals surface area contributed by atoms with E-state index in [2.05, 4.69) is 10.6 Å². The van der Waals surface area contributed by atoms with Crippen LogP contribution < -0.4 is 10.6 Å². The molecule has 104 valence electrons. The first-order valence-corrected chi connectivity index (χ1v) is 8.15. The smallest absolute Gasteiger partial charge is 0.221 e. The number of hydrogen-bond acceptors (Lipinski definition) is 4. The van der Waals surface area contributed by atoms with E-state index < -0.39 is 0 Å². The highest BCUT2D eigenvalue weighted by molar-refractivity contribution is 7.99. The van der Waals surface area contributed by atoms with E-state index in [1.807, 2.05) is 11.8 Å². The molecule has 1 aliphatic heterocycles. The van der Waals surface area contributed by atoms with Gasteiger partial charge in [-0.05, 0) is 31.6 Å². The molecule has 4 nitrogen and oxygen atoms in total. The summed E-state index contributed by atoms with van der Waals surface area (Å²) < 4.78 is 0. The van der Waals surface area contributed by atoms with Gasteiger partial charge in [0.1, 0.15) is 0 Å². The van der Waals surface area contributed by atoms with Crippen LogP contribution in [0, 0.1) is 5.92 Å². The highest BCUT2D eigenvalue weighted by Gasteiger charge is 2.21. The van der Waals surface area contributed by atoms with Gasteiger partial charge in [-0.3, -0.25) is 4.79 Å². The van der Waals surface area contributed by atoms with Crippen LogP contribution in [0.1, 0.15) is 32.1 Å². The molecule has 5 heteroatoms. The number of nitrogens with one attached hydrogen (secondary N) is 2. The summed E-state index contributed by atoms with van der Waals surface area (Å²) in [7, 11) is 0. The average molecular weight is 272 g/mol. The van der Waals surface area contributed by atoms with E-state index in [0.717, 1.165) is 50.3 Å². The zero-order chi connectivity index (χ0) is 12.8. The third-order valence-electron chi connectivity index (χ3n) is 3.83. The molecule has 3 N–H and O–H groups in total. The molecule has 1 saturated heterocycles. The van der Waals surface area contributed by atoms with Gasteiger partial charge in [0.05, 0.1) is 6.10 Å². The minimum atomic E-state index is -0.111. The number of hydrogen-bond donors (Lipinski definition) is 3. The largest absolute Gasteiger partial charge is 0.393 e. The van der Waals surface area contributed by atoms with Crippen LogP contribution in [-0.2, 0) is 4.79 Å². The Kier molecular flexibility index (Phi) is 5.79. The van der Waals surface area contributed by atoms with Crippen LogP contribution in [-0.4, -0.2) is 47.8 Å². The quantitative estimate of drug-likeness (QED) is 0.707. The highest BCUT2D eigenvalue weighted by atomic mass is 32.2. The second kappa shape index (κ2) is 7.36. The molecule has 2 aliphatic rings. The Hall–Kier alpha value is -0.260. The molecule has 1 atom stereocenters. The van der Waals surface area contributed by atoms with Crippen LogP contribution in [0.2, 0.25) is 0 Å². The summed E-state index contributed by atoms with van der Waals surface area (Å²) in [6, 6.07) is 0.344. The fourth-order valence-corrected chi connectivity index (χ4v) is 3.60. The third-order valence-corrected chi connectivity index (χ3v) is 4.97. The van der Waals surface area contributed by atoms with Crippen molar-refractivity contribution in [2.75, 3.05) is 24.6 Å². The van der Waals surface area contributed by atoms with Gasteiger partial charge in [0.2, 0.25) is 5.91 Å². The van der Waals surface area contributed by atoms with Crippen LogP contribution in [0.25, 0.3) is 0 Å². The fraction of sp³-hybridized carbons (Fsp3) is 0.923. The van der Waals surface area contributed by atoms with E-state index in [4.69, 9.17) is 0 Å². The molecule has 0 aromatic carbocycles. The van der Waals surface area contributed by atoms with E-state index in [0.29, 0.717) is 18.4 Å². The monoisotopic (exact) mass is 272 g/mol. The first-order valence-electron chi connectivity index (χ1n) is 7.00. The van der Waals surface area contributed by atoms with Crippen molar-refractivity contribution in [3.63, 3.8) is 0 Å². The van der Waals surface area contributed by atoms with E-state index in [1.54, 1.807) is 0 Å². The van der Waals surface area contributed by atoms with Gasteiger partial charge in [-0.15, -0.1) is 0 Å². The minimum absolute atomic E-state index is 0.111. The fourth-order valence-electron chi connectivity index (χ4n) is 2.65. The lowest BCUT2D eigenvalue weighted by Gasteiger charge is -2.26. The van der Waals surface area contributed by atoms with Gasteiger partial charge in [-0.2, -0.15) is 11.8 Å². The maximum Gasteiger partial charge on any atom is 0.221 e. The SMILES string of the molecule is O=C(CC1CSCCN1)NCC1CCC(O)CC1. The molecule has 0 aromatic heterocycles. The molecule has 1 amide bonds. The molecule has 2 fully saturated rings. The number of thioether (sulfide) groups is 1. The Morgan fingerprint density at radius 3 is 2.78 bits per heavy atom. The van der Waals surface area contributed by atoms with Crippen molar-refractivity contribution < 1.29 is 9.90 Å². The topological polar surface area (TPSA) is 61.4 Å².